The van der Waals surface area contributed by atoms with E-state index in [0.29, 0.717) is 5.56 Å². The van der Waals surface area contributed by atoms with E-state index in [9.17, 15) is 8.42 Å². The third-order valence-electron chi connectivity index (χ3n) is 2.91. The van der Waals surface area contributed by atoms with Crippen LogP contribution in [0.3, 0.4) is 0 Å². The number of nitrogens with two attached hydrogens (primary N) is 1. The number of rotatable bonds is 5. The minimum Gasteiger partial charge on any atom is -0.326 e. The monoisotopic (exact) mass is 314 g/mol. The zero-order chi connectivity index (χ0) is 14.8. The Labute approximate surface area is 122 Å². The fourth-order valence-corrected chi connectivity index (χ4v) is 3.24. The SMILES string of the molecule is Cc1[nH]ncc1CNS(=O)(=O)c1cc(CN)ccc1Cl. The molecule has 0 aliphatic heterocycles. The Balaban J connectivity index is 2.24. The van der Waals surface area contributed by atoms with Crippen LogP contribution in [0.1, 0.15) is 16.8 Å². The molecule has 0 saturated carbocycles. The molecule has 0 radical (unpaired) electrons. The topological polar surface area (TPSA) is 101 Å². The highest BCUT2D eigenvalue weighted by atomic mass is 35.5. The van der Waals surface area contributed by atoms with E-state index in [2.05, 4.69) is 14.9 Å². The minimum atomic E-state index is -3.70. The van der Waals surface area contributed by atoms with E-state index in [0.717, 1.165) is 11.3 Å². The van der Waals surface area contributed by atoms with Gasteiger partial charge >= 0.3 is 0 Å². The van der Waals surface area contributed by atoms with Crippen LogP contribution >= 0.6 is 11.6 Å². The van der Waals surface area contributed by atoms with Crippen LogP contribution in [0.5, 0.6) is 0 Å². The molecule has 0 saturated heterocycles. The third kappa shape index (κ3) is 3.18. The van der Waals surface area contributed by atoms with Crippen molar-refractivity contribution in [2.24, 2.45) is 5.73 Å². The molecule has 0 unspecified atom stereocenters. The molecule has 108 valence electrons. The summed E-state index contributed by atoms with van der Waals surface area (Å²) in [6.45, 7) is 2.22. The maximum Gasteiger partial charge on any atom is 0.242 e. The van der Waals surface area contributed by atoms with E-state index >= 15 is 0 Å². The van der Waals surface area contributed by atoms with E-state index < -0.39 is 10.0 Å². The van der Waals surface area contributed by atoms with Crippen molar-refractivity contribution in [3.8, 4) is 0 Å². The number of hydrogen-bond donors (Lipinski definition) is 3. The highest BCUT2D eigenvalue weighted by Crippen LogP contribution is 2.22. The molecular formula is C12H15ClN4O2S. The number of nitrogens with one attached hydrogen (secondary N) is 2. The molecule has 0 fully saturated rings. The summed E-state index contributed by atoms with van der Waals surface area (Å²) in [7, 11) is -3.70. The van der Waals surface area contributed by atoms with Gasteiger partial charge in [0.15, 0.2) is 0 Å². The Morgan fingerprint density at radius 3 is 2.80 bits per heavy atom. The number of benzene rings is 1. The Morgan fingerprint density at radius 2 is 2.20 bits per heavy atom. The lowest BCUT2D eigenvalue weighted by Gasteiger charge is -2.09. The van der Waals surface area contributed by atoms with Gasteiger partial charge in [0.2, 0.25) is 10.0 Å². The average Bonchev–Trinajstić information content (AvgIpc) is 2.82. The number of sulfonamides is 1. The summed E-state index contributed by atoms with van der Waals surface area (Å²) in [4.78, 5) is 0.0308. The summed E-state index contributed by atoms with van der Waals surface area (Å²) in [6.07, 6.45) is 1.58. The van der Waals surface area contributed by atoms with E-state index in [1.807, 2.05) is 6.92 Å². The van der Waals surface area contributed by atoms with Gasteiger partial charge in [0.25, 0.3) is 0 Å². The van der Waals surface area contributed by atoms with Crippen LogP contribution in [0.25, 0.3) is 0 Å². The fourth-order valence-electron chi connectivity index (χ4n) is 1.69. The van der Waals surface area contributed by atoms with Gasteiger partial charge in [-0.25, -0.2) is 13.1 Å². The quantitative estimate of drug-likeness (QED) is 0.774. The number of nitrogens with zero attached hydrogens (tertiary/aromatic N) is 1. The highest BCUT2D eigenvalue weighted by Gasteiger charge is 2.18. The zero-order valence-electron chi connectivity index (χ0n) is 10.9. The van der Waals surface area contributed by atoms with Crippen LogP contribution < -0.4 is 10.5 Å². The molecular weight excluding hydrogens is 300 g/mol. The van der Waals surface area contributed by atoms with Crippen LogP contribution in [-0.4, -0.2) is 18.6 Å². The first-order valence-electron chi connectivity index (χ1n) is 5.91. The summed E-state index contributed by atoms with van der Waals surface area (Å²) in [5, 5.41) is 6.75. The first-order chi connectivity index (χ1) is 9.44. The molecule has 1 heterocycles. The van der Waals surface area contributed by atoms with Gasteiger partial charge in [0.1, 0.15) is 4.90 Å². The molecule has 2 rings (SSSR count). The van der Waals surface area contributed by atoms with Gasteiger partial charge in [-0.1, -0.05) is 17.7 Å². The lowest BCUT2D eigenvalue weighted by Crippen LogP contribution is -2.24. The van der Waals surface area contributed by atoms with Gasteiger partial charge in [0.05, 0.1) is 11.2 Å². The van der Waals surface area contributed by atoms with Gasteiger partial charge in [-0.3, -0.25) is 5.10 Å². The van der Waals surface area contributed by atoms with Gasteiger partial charge in [-0.05, 0) is 24.6 Å². The van der Waals surface area contributed by atoms with Crippen molar-refractivity contribution < 1.29 is 8.42 Å². The predicted octanol–water partition coefficient (Wildman–Crippen LogP) is 1.31. The molecule has 0 spiro atoms. The maximum atomic E-state index is 12.3. The summed E-state index contributed by atoms with van der Waals surface area (Å²) in [5.41, 5.74) is 7.81. The highest BCUT2D eigenvalue weighted by molar-refractivity contribution is 7.89. The molecule has 20 heavy (non-hydrogen) atoms. The van der Waals surface area contributed by atoms with Crippen molar-refractivity contribution in [1.29, 1.82) is 0 Å². The molecule has 1 aromatic heterocycles. The number of hydrogen-bond acceptors (Lipinski definition) is 4. The van der Waals surface area contributed by atoms with Crippen LogP contribution in [0.15, 0.2) is 29.3 Å². The lowest BCUT2D eigenvalue weighted by atomic mass is 10.2. The Morgan fingerprint density at radius 1 is 1.45 bits per heavy atom. The second-order valence-corrected chi connectivity index (χ2v) is 6.46. The minimum absolute atomic E-state index is 0.0308. The van der Waals surface area contributed by atoms with Gasteiger partial charge in [0, 0.05) is 24.3 Å². The standard InChI is InChI=1S/C12H15ClN4O2S/c1-8-10(6-15-17-8)7-16-20(18,19)12-4-9(5-14)2-3-11(12)13/h2-4,6,16H,5,7,14H2,1H3,(H,15,17). The summed E-state index contributed by atoms with van der Waals surface area (Å²) < 4.78 is 27.0. The van der Waals surface area contributed by atoms with Crippen molar-refractivity contribution in [3.05, 3.63) is 46.2 Å². The smallest absolute Gasteiger partial charge is 0.242 e. The maximum absolute atomic E-state index is 12.3. The third-order valence-corrected chi connectivity index (χ3v) is 4.79. The molecule has 0 aliphatic carbocycles. The van der Waals surface area contributed by atoms with E-state index in [4.69, 9.17) is 17.3 Å². The Bertz CT molecular complexity index is 712. The molecule has 0 aliphatic rings. The van der Waals surface area contributed by atoms with Crippen LogP contribution in [0, 0.1) is 6.92 Å². The van der Waals surface area contributed by atoms with Crippen molar-refractivity contribution in [2.75, 3.05) is 0 Å². The molecule has 2 aromatic rings. The number of aryl methyl sites for hydroxylation is 1. The molecule has 8 heteroatoms. The molecule has 1 aromatic carbocycles. The van der Waals surface area contributed by atoms with Crippen LogP contribution in [0.2, 0.25) is 5.02 Å². The van der Waals surface area contributed by atoms with E-state index in [-0.39, 0.29) is 23.0 Å². The van der Waals surface area contributed by atoms with Crippen molar-refractivity contribution in [2.45, 2.75) is 24.9 Å². The summed E-state index contributed by atoms with van der Waals surface area (Å²) in [6, 6.07) is 4.70. The molecule has 6 nitrogen and oxygen atoms in total. The second-order valence-electron chi connectivity index (χ2n) is 4.31. The van der Waals surface area contributed by atoms with Crippen molar-refractivity contribution in [1.82, 2.24) is 14.9 Å². The zero-order valence-corrected chi connectivity index (χ0v) is 12.4. The first kappa shape index (κ1) is 15.0. The van der Waals surface area contributed by atoms with E-state index in [1.54, 1.807) is 12.3 Å². The Kier molecular flexibility index (Phi) is 4.44. The van der Waals surface area contributed by atoms with Crippen LogP contribution in [-0.2, 0) is 23.1 Å². The van der Waals surface area contributed by atoms with Crippen molar-refractivity contribution in [3.63, 3.8) is 0 Å². The number of halogens is 1. The first-order valence-corrected chi connectivity index (χ1v) is 7.77. The summed E-state index contributed by atoms with van der Waals surface area (Å²) >= 11 is 5.95. The molecule has 4 N–H and O–H groups in total. The molecule has 0 bridgehead atoms. The lowest BCUT2D eigenvalue weighted by molar-refractivity contribution is 0.581. The van der Waals surface area contributed by atoms with E-state index in [1.165, 1.54) is 12.1 Å². The predicted molar refractivity (Wildman–Crippen MR) is 76.7 cm³/mol. The van der Waals surface area contributed by atoms with Crippen LogP contribution in [0.4, 0.5) is 0 Å². The number of aromatic nitrogens is 2. The van der Waals surface area contributed by atoms with Gasteiger partial charge in [-0.2, -0.15) is 5.10 Å². The van der Waals surface area contributed by atoms with Gasteiger partial charge in [-0.15, -0.1) is 0 Å². The summed E-state index contributed by atoms with van der Waals surface area (Å²) in [5.74, 6) is 0. The largest absolute Gasteiger partial charge is 0.326 e. The van der Waals surface area contributed by atoms with Gasteiger partial charge < -0.3 is 5.73 Å². The number of aromatic amines is 1. The second kappa shape index (κ2) is 5.92. The van der Waals surface area contributed by atoms with Crippen molar-refractivity contribution >= 4 is 21.6 Å². The molecule has 0 amide bonds. The average molecular weight is 315 g/mol. The number of H-pyrrole nitrogens is 1. The fraction of sp³-hybridized carbons (Fsp3) is 0.250. The normalized spacial score (nSPS) is 11.8. The molecule has 0 atom stereocenters. The Hall–Kier alpha value is -1.41.